The van der Waals surface area contributed by atoms with Crippen LogP contribution in [0.1, 0.15) is 80.3 Å². The van der Waals surface area contributed by atoms with Gasteiger partial charge in [-0.15, -0.1) is 0 Å². The summed E-state index contributed by atoms with van der Waals surface area (Å²) in [7, 11) is 0. The minimum Gasteiger partial charge on any atom is -0.486 e. The van der Waals surface area contributed by atoms with Crippen molar-refractivity contribution in [2.45, 2.75) is 77.2 Å². The molecule has 4 bridgehead atoms. The van der Waals surface area contributed by atoms with Gasteiger partial charge in [-0.25, -0.2) is 0 Å². The van der Waals surface area contributed by atoms with E-state index in [9.17, 15) is 14.4 Å². The van der Waals surface area contributed by atoms with Crippen LogP contribution >= 0.6 is 0 Å². The summed E-state index contributed by atoms with van der Waals surface area (Å²) < 4.78 is 7.48. The Balaban J connectivity index is 1.19. The molecular formula is C30H37NO5. The highest BCUT2D eigenvalue weighted by atomic mass is 16.5. The molecule has 0 saturated heterocycles. The van der Waals surface area contributed by atoms with E-state index >= 15 is 0 Å². The molecule has 6 heteroatoms. The van der Waals surface area contributed by atoms with Gasteiger partial charge in [0.2, 0.25) is 0 Å². The minimum atomic E-state index is -0.913. The first-order valence-electron chi connectivity index (χ1n) is 13.4. The number of aryl methyl sites for hydroxylation is 1. The molecule has 2 aromatic rings. The number of carboxylic acids is 1. The molecule has 36 heavy (non-hydrogen) atoms. The Kier molecular flexibility index (Phi) is 6.80. The van der Waals surface area contributed by atoms with Gasteiger partial charge >= 0.3 is 5.97 Å². The number of ether oxygens (including phenoxy) is 1. The number of carbonyl (C=O) groups is 3. The number of Topliss-reactive ketones (excluding diaryl/α,β-unsaturated/α-hetero) is 2. The SMILES string of the molecule is CC(C)C(=O)c1cn(CC(=O)COc2ccc(C34CC5CC(CC(C5)C3)C4)cc2)cc1CCC(=O)O. The largest absolute Gasteiger partial charge is 0.486 e. The third kappa shape index (κ3) is 5.14. The lowest BCUT2D eigenvalue weighted by Crippen LogP contribution is -2.48. The molecule has 1 aromatic carbocycles. The molecule has 0 atom stereocenters. The van der Waals surface area contributed by atoms with Crippen LogP contribution in [-0.4, -0.2) is 33.8 Å². The molecule has 192 valence electrons. The number of carboxylic acid groups (broad SMARTS) is 1. The van der Waals surface area contributed by atoms with Gasteiger partial charge in [0, 0.05) is 30.3 Å². The Morgan fingerprint density at radius 1 is 1.00 bits per heavy atom. The van der Waals surface area contributed by atoms with Gasteiger partial charge in [-0.3, -0.25) is 14.4 Å². The number of hydrogen-bond acceptors (Lipinski definition) is 4. The van der Waals surface area contributed by atoms with Crippen molar-refractivity contribution < 1.29 is 24.2 Å². The van der Waals surface area contributed by atoms with Gasteiger partial charge in [-0.05, 0) is 91.4 Å². The van der Waals surface area contributed by atoms with Gasteiger partial charge in [0.25, 0.3) is 0 Å². The summed E-state index contributed by atoms with van der Waals surface area (Å²) >= 11 is 0. The lowest BCUT2D eigenvalue weighted by atomic mass is 9.48. The minimum absolute atomic E-state index is 0.0445. The first kappa shape index (κ1) is 24.8. The number of ketones is 2. The van der Waals surface area contributed by atoms with Crippen molar-refractivity contribution in [3.8, 4) is 5.75 Å². The number of benzene rings is 1. The first-order chi connectivity index (χ1) is 17.2. The molecule has 4 fully saturated rings. The summed E-state index contributed by atoms with van der Waals surface area (Å²) in [5.41, 5.74) is 2.95. The van der Waals surface area contributed by atoms with E-state index in [0.29, 0.717) is 22.3 Å². The highest BCUT2D eigenvalue weighted by Gasteiger charge is 2.51. The van der Waals surface area contributed by atoms with E-state index in [0.717, 1.165) is 17.8 Å². The van der Waals surface area contributed by atoms with Gasteiger partial charge in [0.05, 0.1) is 6.54 Å². The van der Waals surface area contributed by atoms with Crippen LogP contribution in [-0.2, 0) is 28.0 Å². The topological polar surface area (TPSA) is 85.6 Å². The van der Waals surface area contributed by atoms with Crippen molar-refractivity contribution in [3.63, 3.8) is 0 Å². The molecule has 4 aliphatic carbocycles. The van der Waals surface area contributed by atoms with E-state index in [-0.39, 0.29) is 43.5 Å². The third-order valence-corrected chi connectivity index (χ3v) is 8.62. The Morgan fingerprint density at radius 3 is 2.17 bits per heavy atom. The van der Waals surface area contributed by atoms with Crippen LogP contribution in [0.15, 0.2) is 36.7 Å². The van der Waals surface area contributed by atoms with Crippen LogP contribution < -0.4 is 4.74 Å². The Labute approximate surface area is 213 Å². The monoisotopic (exact) mass is 491 g/mol. The van der Waals surface area contributed by atoms with E-state index in [1.165, 1.54) is 44.1 Å². The molecule has 1 heterocycles. The van der Waals surface area contributed by atoms with Crippen LogP contribution in [0.5, 0.6) is 5.75 Å². The fraction of sp³-hybridized carbons (Fsp3) is 0.567. The molecule has 1 aromatic heterocycles. The van der Waals surface area contributed by atoms with Crippen LogP contribution in [0.2, 0.25) is 0 Å². The Morgan fingerprint density at radius 2 is 1.61 bits per heavy atom. The molecule has 0 unspecified atom stereocenters. The zero-order valence-corrected chi connectivity index (χ0v) is 21.4. The smallest absolute Gasteiger partial charge is 0.303 e. The maximum atomic E-state index is 12.6. The summed E-state index contributed by atoms with van der Waals surface area (Å²) in [4.78, 5) is 36.2. The van der Waals surface area contributed by atoms with Crippen molar-refractivity contribution in [2.24, 2.45) is 23.7 Å². The molecule has 0 radical (unpaired) electrons. The highest BCUT2D eigenvalue weighted by molar-refractivity contribution is 5.99. The molecule has 0 amide bonds. The molecule has 4 aliphatic rings. The summed E-state index contributed by atoms with van der Waals surface area (Å²) in [5.74, 6) is 2.13. The zero-order valence-electron chi connectivity index (χ0n) is 21.4. The zero-order chi connectivity index (χ0) is 25.4. The van der Waals surface area contributed by atoms with Gasteiger partial charge in [-0.2, -0.15) is 0 Å². The normalized spacial score (nSPS) is 26.4. The average molecular weight is 492 g/mol. The first-order valence-corrected chi connectivity index (χ1v) is 13.4. The van der Waals surface area contributed by atoms with Gasteiger partial charge in [-0.1, -0.05) is 26.0 Å². The van der Waals surface area contributed by atoms with Gasteiger partial charge in [0.1, 0.15) is 12.4 Å². The quantitative estimate of drug-likeness (QED) is 0.422. The van der Waals surface area contributed by atoms with E-state index in [1.807, 2.05) is 26.0 Å². The van der Waals surface area contributed by atoms with Crippen molar-refractivity contribution in [2.75, 3.05) is 6.61 Å². The number of nitrogens with zero attached hydrogens (tertiary/aromatic N) is 1. The van der Waals surface area contributed by atoms with Crippen LogP contribution in [0.25, 0.3) is 0 Å². The van der Waals surface area contributed by atoms with E-state index in [1.54, 1.807) is 17.0 Å². The summed E-state index contributed by atoms with van der Waals surface area (Å²) in [6.45, 7) is 3.66. The van der Waals surface area contributed by atoms with Crippen LogP contribution in [0.4, 0.5) is 0 Å². The second kappa shape index (κ2) is 9.87. The molecular weight excluding hydrogens is 454 g/mol. The van der Waals surface area contributed by atoms with Crippen LogP contribution in [0.3, 0.4) is 0 Å². The molecule has 0 spiro atoms. The number of hydrogen-bond donors (Lipinski definition) is 1. The standard InChI is InChI=1S/C30H37NO5/c1-19(2)29(35)27-17-31(15-23(27)3-8-28(33)34)16-25(32)18-36-26-6-4-24(5-7-26)30-12-20-9-21(13-30)11-22(10-20)14-30/h4-7,15,17,19-22H,3,8-14,16,18H2,1-2H3,(H,33,34). The fourth-order valence-corrected chi connectivity index (χ4v) is 7.40. The van der Waals surface area contributed by atoms with Gasteiger partial charge < -0.3 is 14.4 Å². The summed E-state index contributed by atoms with van der Waals surface area (Å²) in [6, 6.07) is 8.41. The molecule has 1 N–H and O–H groups in total. The van der Waals surface area contributed by atoms with Crippen molar-refractivity contribution in [1.82, 2.24) is 4.57 Å². The summed E-state index contributed by atoms with van der Waals surface area (Å²) in [6.07, 6.45) is 11.8. The number of carbonyl (C=O) groups excluding carboxylic acids is 2. The van der Waals surface area contributed by atoms with E-state index in [4.69, 9.17) is 9.84 Å². The van der Waals surface area contributed by atoms with E-state index in [2.05, 4.69) is 12.1 Å². The molecule has 6 rings (SSSR count). The second-order valence-corrected chi connectivity index (χ2v) is 11.8. The predicted octanol–water partition coefficient (Wildman–Crippen LogP) is 5.46. The van der Waals surface area contributed by atoms with Crippen molar-refractivity contribution in [1.29, 1.82) is 0 Å². The van der Waals surface area contributed by atoms with Crippen LogP contribution in [0, 0.1) is 23.7 Å². The molecule has 0 aliphatic heterocycles. The third-order valence-electron chi connectivity index (χ3n) is 8.62. The number of aliphatic carboxylic acids is 1. The van der Waals surface area contributed by atoms with Crippen molar-refractivity contribution in [3.05, 3.63) is 53.3 Å². The lowest BCUT2D eigenvalue weighted by molar-refractivity contribution is -0.137. The summed E-state index contributed by atoms with van der Waals surface area (Å²) in [5, 5.41) is 9.03. The van der Waals surface area contributed by atoms with Gasteiger partial charge in [0.15, 0.2) is 11.6 Å². The molecule has 6 nitrogen and oxygen atoms in total. The number of rotatable bonds is 11. The average Bonchev–Trinajstić information content (AvgIpc) is 3.22. The highest BCUT2D eigenvalue weighted by Crippen LogP contribution is 2.60. The Bertz CT molecular complexity index is 1110. The molecule has 4 saturated carbocycles. The fourth-order valence-electron chi connectivity index (χ4n) is 7.40. The second-order valence-electron chi connectivity index (χ2n) is 11.8. The maximum Gasteiger partial charge on any atom is 0.303 e. The predicted molar refractivity (Wildman–Crippen MR) is 136 cm³/mol. The maximum absolute atomic E-state index is 12.6. The number of aromatic nitrogens is 1. The lowest BCUT2D eigenvalue weighted by Gasteiger charge is -2.57. The van der Waals surface area contributed by atoms with Crippen molar-refractivity contribution >= 4 is 17.5 Å². The van der Waals surface area contributed by atoms with E-state index < -0.39 is 5.97 Å². The Hall–Kier alpha value is -2.89.